The van der Waals surface area contributed by atoms with Crippen LogP contribution in [0, 0.1) is 0 Å². The van der Waals surface area contributed by atoms with E-state index in [4.69, 9.17) is 0 Å². The first-order valence-electron chi connectivity index (χ1n) is 5.36. The molecule has 1 aliphatic rings. The Labute approximate surface area is 104 Å². The lowest BCUT2D eigenvalue weighted by molar-refractivity contribution is 0.607. The van der Waals surface area contributed by atoms with Crippen molar-refractivity contribution >= 4 is 34.9 Å². The highest BCUT2D eigenvalue weighted by Gasteiger charge is 2.11. The second kappa shape index (κ2) is 6.84. The van der Waals surface area contributed by atoms with Gasteiger partial charge in [-0.25, -0.2) is 0 Å². The topological polar surface area (TPSA) is 12.0 Å². The van der Waals surface area contributed by atoms with E-state index in [2.05, 4.69) is 46.4 Å². The Balaban J connectivity index is 1.64. The SMILES string of the molecule is c1csc(CCNC2CSCCSC2)c1. The van der Waals surface area contributed by atoms with E-state index < -0.39 is 0 Å². The Morgan fingerprint density at radius 3 is 2.73 bits per heavy atom. The van der Waals surface area contributed by atoms with Crippen LogP contribution in [0.5, 0.6) is 0 Å². The van der Waals surface area contributed by atoms with Gasteiger partial charge in [0, 0.05) is 40.5 Å². The molecule has 1 aromatic rings. The van der Waals surface area contributed by atoms with Crippen LogP contribution in [0.4, 0.5) is 0 Å². The Morgan fingerprint density at radius 2 is 2.07 bits per heavy atom. The minimum absolute atomic E-state index is 0.725. The van der Waals surface area contributed by atoms with Gasteiger partial charge in [-0.05, 0) is 17.9 Å². The summed E-state index contributed by atoms with van der Waals surface area (Å²) in [6, 6.07) is 5.09. The van der Waals surface area contributed by atoms with E-state index in [1.165, 1.54) is 34.3 Å². The quantitative estimate of drug-likeness (QED) is 0.893. The van der Waals surface area contributed by atoms with Crippen LogP contribution in [0.1, 0.15) is 4.88 Å². The summed E-state index contributed by atoms with van der Waals surface area (Å²) in [6.07, 6.45) is 1.18. The van der Waals surface area contributed by atoms with Gasteiger partial charge in [0.2, 0.25) is 0 Å². The predicted molar refractivity (Wildman–Crippen MR) is 74.5 cm³/mol. The summed E-state index contributed by atoms with van der Waals surface area (Å²) < 4.78 is 0. The molecule has 1 aliphatic heterocycles. The molecule has 0 atom stereocenters. The van der Waals surface area contributed by atoms with Crippen molar-refractivity contribution in [3.05, 3.63) is 22.4 Å². The molecule has 0 radical (unpaired) electrons. The van der Waals surface area contributed by atoms with Crippen LogP contribution in [-0.2, 0) is 6.42 Å². The van der Waals surface area contributed by atoms with Gasteiger partial charge < -0.3 is 5.32 Å². The van der Waals surface area contributed by atoms with E-state index in [0.717, 1.165) is 12.6 Å². The molecule has 0 amide bonds. The first kappa shape index (κ1) is 11.8. The number of rotatable bonds is 4. The molecule has 15 heavy (non-hydrogen) atoms. The lowest BCUT2D eigenvalue weighted by Crippen LogP contribution is -2.34. The molecule has 84 valence electrons. The summed E-state index contributed by atoms with van der Waals surface area (Å²) in [5.74, 6) is 5.23. The van der Waals surface area contributed by atoms with Gasteiger partial charge in [-0.2, -0.15) is 23.5 Å². The minimum Gasteiger partial charge on any atom is -0.312 e. The largest absolute Gasteiger partial charge is 0.312 e. The summed E-state index contributed by atoms with van der Waals surface area (Å²) in [4.78, 5) is 1.50. The molecule has 1 N–H and O–H groups in total. The van der Waals surface area contributed by atoms with Crippen LogP contribution in [0.2, 0.25) is 0 Å². The van der Waals surface area contributed by atoms with Crippen molar-refractivity contribution in [2.24, 2.45) is 0 Å². The van der Waals surface area contributed by atoms with Gasteiger partial charge in [0.05, 0.1) is 0 Å². The van der Waals surface area contributed by atoms with Crippen molar-refractivity contribution in [1.29, 1.82) is 0 Å². The molecule has 4 heteroatoms. The highest BCUT2D eigenvalue weighted by Crippen LogP contribution is 2.16. The van der Waals surface area contributed by atoms with E-state index in [0.29, 0.717) is 0 Å². The zero-order valence-electron chi connectivity index (χ0n) is 8.78. The minimum atomic E-state index is 0.725. The van der Waals surface area contributed by atoms with Crippen LogP contribution >= 0.6 is 34.9 Å². The van der Waals surface area contributed by atoms with Crippen molar-refractivity contribution in [2.75, 3.05) is 29.6 Å². The summed E-state index contributed by atoms with van der Waals surface area (Å²) in [7, 11) is 0. The smallest absolute Gasteiger partial charge is 0.0248 e. The lowest BCUT2D eigenvalue weighted by atomic mass is 10.3. The molecule has 0 saturated carbocycles. The number of thioether (sulfide) groups is 2. The molecule has 1 aromatic heterocycles. The molecule has 0 bridgehead atoms. The Morgan fingerprint density at radius 1 is 1.27 bits per heavy atom. The summed E-state index contributed by atoms with van der Waals surface area (Å²) in [6.45, 7) is 1.13. The van der Waals surface area contributed by atoms with Crippen molar-refractivity contribution in [2.45, 2.75) is 12.5 Å². The van der Waals surface area contributed by atoms with E-state index >= 15 is 0 Å². The van der Waals surface area contributed by atoms with Crippen LogP contribution in [0.15, 0.2) is 17.5 Å². The number of nitrogens with one attached hydrogen (secondary N) is 1. The fourth-order valence-corrected chi connectivity index (χ4v) is 4.76. The Kier molecular flexibility index (Phi) is 5.40. The second-order valence-electron chi connectivity index (χ2n) is 3.63. The Hall–Kier alpha value is 0.360. The molecule has 2 rings (SSSR count). The highest BCUT2D eigenvalue weighted by atomic mass is 32.2. The van der Waals surface area contributed by atoms with Crippen molar-refractivity contribution < 1.29 is 0 Å². The average molecular weight is 259 g/mol. The number of thiophene rings is 1. The third kappa shape index (κ3) is 4.39. The maximum absolute atomic E-state index is 3.66. The molecule has 0 unspecified atom stereocenters. The second-order valence-corrected chi connectivity index (χ2v) is 6.96. The molecule has 1 nitrogen and oxygen atoms in total. The monoisotopic (exact) mass is 259 g/mol. The summed E-state index contributed by atoms with van der Waals surface area (Å²) in [5, 5.41) is 5.82. The number of hydrogen-bond donors (Lipinski definition) is 1. The van der Waals surface area contributed by atoms with Crippen LogP contribution in [-0.4, -0.2) is 35.6 Å². The van der Waals surface area contributed by atoms with Crippen molar-refractivity contribution in [3.63, 3.8) is 0 Å². The van der Waals surface area contributed by atoms with Gasteiger partial charge in [-0.15, -0.1) is 11.3 Å². The third-order valence-electron chi connectivity index (χ3n) is 2.39. The van der Waals surface area contributed by atoms with E-state index in [-0.39, 0.29) is 0 Å². The zero-order chi connectivity index (χ0) is 10.3. The molecule has 0 spiro atoms. The fraction of sp³-hybridized carbons (Fsp3) is 0.636. The first-order valence-corrected chi connectivity index (χ1v) is 8.55. The Bertz CT molecular complexity index is 253. The van der Waals surface area contributed by atoms with Crippen LogP contribution in [0.25, 0.3) is 0 Å². The zero-order valence-corrected chi connectivity index (χ0v) is 11.2. The maximum atomic E-state index is 3.66. The molecule has 2 heterocycles. The molecular weight excluding hydrogens is 242 g/mol. The first-order chi connectivity index (χ1) is 7.45. The molecule has 1 fully saturated rings. The van der Waals surface area contributed by atoms with Gasteiger partial charge in [0.1, 0.15) is 0 Å². The van der Waals surface area contributed by atoms with E-state index in [1.807, 2.05) is 11.3 Å². The van der Waals surface area contributed by atoms with E-state index in [9.17, 15) is 0 Å². The summed E-state index contributed by atoms with van der Waals surface area (Å²) in [5.41, 5.74) is 0. The molecule has 1 saturated heterocycles. The van der Waals surface area contributed by atoms with E-state index in [1.54, 1.807) is 0 Å². The van der Waals surface area contributed by atoms with Gasteiger partial charge in [-0.3, -0.25) is 0 Å². The van der Waals surface area contributed by atoms with Crippen LogP contribution in [0.3, 0.4) is 0 Å². The maximum Gasteiger partial charge on any atom is 0.0248 e. The van der Waals surface area contributed by atoms with Gasteiger partial charge >= 0.3 is 0 Å². The fourth-order valence-electron chi connectivity index (χ4n) is 1.59. The molecule has 0 aromatic carbocycles. The van der Waals surface area contributed by atoms with Crippen molar-refractivity contribution in [3.8, 4) is 0 Å². The average Bonchev–Trinajstić information content (AvgIpc) is 2.62. The van der Waals surface area contributed by atoms with Gasteiger partial charge in [0.25, 0.3) is 0 Å². The van der Waals surface area contributed by atoms with Crippen molar-refractivity contribution in [1.82, 2.24) is 5.32 Å². The molecule has 0 aliphatic carbocycles. The highest BCUT2D eigenvalue weighted by molar-refractivity contribution is 8.03. The normalized spacial score (nSPS) is 18.9. The lowest BCUT2D eigenvalue weighted by Gasteiger charge is -2.14. The molecular formula is C11H17NS3. The third-order valence-corrected chi connectivity index (χ3v) is 5.85. The van der Waals surface area contributed by atoms with Crippen LogP contribution < -0.4 is 5.32 Å². The van der Waals surface area contributed by atoms with Gasteiger partial charge in [-0.1, -0.05) is 6.07 Å². The predicted octanol–water partition coefficient (Wildman–Crippen LogP) is 2.73. The number of hydrogen-bond acceptors (Lipinski definition) is 4. The summed E-state index contributed by atoms with van der Waals surface area (Å²) >= 11 is 6.05. The van der Waals surface area contributed by atoms with Gasteiger partial charge in [0.15, 0.2) is 0 Å². The standard InChI is InChI=1S/C11H17NS3/c1-2-11(15-5-1)3-4-12-10-8-13-6-7-14-9-10/h1-2,5,10,12H,3-4,6-9H2.